The van der Waals surface area contributed by atoms with Gasteiger partial charge in [0.2, 0.25) is 5.91 Å². The van der Waals surface area contributed by atoms with Crippen molar-refractivity contribution in [3.63, 3.8) is 0 Å². The average molecular weight is 644 g/mol. The van der Waals surface area contributed by atoms with Crippen LogP contribution in [-0.4, -0.2) is 48.2 Å². The molecule has 9 nitrogen and oxygen atoms in total. The summed E-state index contributed by atoms with van der Waals surface area (Å²) in [5.41, 5.74) is 1.89. The van der Waals surface area contributed by atoms with Crippen molar-refractivity contribution in [1.82, 2.24) is 4.90 Å². The first-order chi connectivity index (χ1) is 20.7. The van der Waals surface area contributed by atoms with Crippen LogP contribution < -0.4 is 14.8 Å². The van der Waals surface area contributed by atoms with E-state index in [1.54, 1.807) is 36.4 Å². The molecule has 0 atom stereocenters. The molecule has 1 fully saturated rings. The van der Waals surface area contributed by atoms with Crippen molar-refractivity contribution in [3.8, 4) is 11.5 Å². The Bertz CT molecular complexity index is 1560. The zero-order valence-electron chi connectivity index (χ0n) is 23.4. The Hall–Kier alpha value is -3.99. The number of amides is 3. The number of ether oxygens (including phenoxy) is 3. The van der Waals surface area contributed by atoms with Crippen LogP contribution in [0.4, 0.5) is 10.5 Å². The smallest absolute Gasteiger partial charge is 0.339 e. The number of halogens is 2. The molecule has 1 aliphatic heterocycles. The molecule has 3 aromatic carbocycles. The number of imide groups is 1. The standard InChI is InChI=1S/C31H28Cl2N2O7S/c1-3-4-13-41-30(38)23-16-22(10-11-24(23)33)34-28(36)17-35-29(37)27(43-31(35)39)15-20-7-12-25(26(14-20)40-2)42-18-19-5-8-21(32)9-6-19/h5-12,14-16H,3-4,13,17-18H2,1-2H3,(H,34,36)/b27-15+. The van der Waals surface area contributed by atoms with Crippen molar-refractivity contribution in [3.05, 3.63) is 92.3 Å². The summed E-state index contributed by atoms with van der Waals surface area (Å²) >= 11 is 12.8. The zero-order valence-corrected chi connectivity index (χ0v) is 25.7. The number of carbonyl (C=O) groups excluding carboxylic acids is 4. The molecule has 3 amide bonds. The quantitative estimate of drug-likeness (QED) is 0.125. The highest BCUT2D eigenvalue weighted by atomic mass is 35.5. The molecule has 1 heterocycles. The molecule has 1 aliphatic rings. The van der Waals surface area contributed by atoms with Crippen LogP contribution in [0.2, 0.25) is 10.0 Å². The molecule has 224 valence electrons. The lowest BCUT2D eigenvalue weighted by molar-refractivity contribution is -0.127. The summed E-state index contributed by atoms with van der Waals surface area (Å²) in [5, 5.41) is 2.82. The molecule has 3 aromatic rings. The van der Waals surface area contributed by atoms with Gasteiger partial charge < -0.3 is 19.5 Å². The van der Waals surface area contributed by atoms with Crippen LogP contribution in [0.15, 0.2) is 65.6 Å². The average Bonchev–Trinajstić information content (AvgIpc) is 3.25. The Morgan fingerprint density at radius 1 is 1.00 bits per heavy atom. The molecule has 0 aliphatic carbocycles. The number of thioether (sulfide) groups is 1. The normalized spacial score (nSPS) is 13.8. The van der Waals surface area contributed by atoms with E-state index < -0.39 is 29.6 Å². The molecule has 1 saturated heterocycles. The number of esters is 1. The fourth-order valence-electron chi connectivity index (χ4n) is 3.91. The van der Waals surface area contributed by atoms with Crippen molar-refractivity contribution in [1.29, 1.82) is 0 Å². The van der Waals surface area contributed by atoms with Gasteiger partial charge >= 0.3 is 5.97 Å². The van der Waals surface area contributed by atoms with Gasteiger partial charge in [-0.15, -0.1) is 0 Å². The zero-order chi connectivity index (χ0) is 30.9. The summed E-state index contributed by atoms with van der Waals surface area (Å²) in [6.07, 6.45) is 3.12. The Labute approximate surface area is 263 Å². The van der Waals surface area contributed by atoms with Crippen molar-refractivity contribution in [2.45, 2.75) is 26.4 Å². The fraction of sp³-hybridized carbons (Fsp3) is 0.226. The van der Waals surface area contributed by atoms with Gasteiger partial charge in [-0.05, 0) is 77.9 Å². The molecule has 12 heteroatoms. The van der Waals surface area contributed by atoms with Gasteiger partial charge in [0.1, 0.15) is 13.2 Å². The van der Waals surface area contributed by atoms with E-state index in [1.807, 2.05) is 19.1 Å². The maximum atomic E-state index is 13.0. The van der Waals surface area contributed by atoms with Crippen LogP contribution in [-0.2, 0) is 20.9 Å². The second kappa shape index (κ2) is 15.0. The molecule has 0 aromatic heterocycles. The summed E-state index contributed by atoms with van der Waals surface area (Å²) in [7, 11) is 1.50. The first-order valence-corrected chi connectivity index (χ1v) is 14.8. The van der Waals surface area contributed by atoms with Gasteiger partial charge in [-0.1, -0.05) is 54.7 Å². The topological polar surface area (TPSA) is 111 Å². The molecule has 43 heavy (non-hydrogen) atoms. The van der Waals surface area contributed by atoms with Crippen molar-refractivity contribution < 1.29 is 33.4 Å². The van der Waals surface area contributed by atoms with E-state index in [-0.39, 0.29) is 27.8 Å². The number of nitrogens with zero attached hydrogens (tertiary/aromatic N) is 1. The van der Waals surface area contributed by atoms with E-state index in [2.05, 4.69) is 5.32 Å². The summed E-state index contributed by atoms with van der Waals surface area (Å²) in [6, 6.07) is 16.7. The monoisotopic (exact) mass is 642 g/mol. The molecular weight excluding hydrogens is 615 g/mol. The lowest BCUT2D eigenvalue weighted by Crippen LogP contribution is -2.36. The molecule has 4 rings (SSSR count). The van der Waals surface area contributed by atoms with Crippen LogP contribution in [0.25, 0.3) is 6.08 Å². The number of unbranched alkanes of at least 4 members (excludes halogenated alkanes) is 1. The Morgan fingerprint density at radius 3 is 2.49 bits per heavy atom. The van der Waals surface area contributed by atoms with E-state index in [0.29, 0.717) is 35.1 Å². The van der Waals surface area contributed by atoms with E-state index in [0.717, 1.165) is 28.6 Å². The van der Waals surface area contributed by atoms with Crippen LogP contribution in [0.3, 0.4) is 0 Å². The Morgan fingerprint density at radius 2 is 1.77 bits per heavy atom. The number of benzene rings is 3. The molecule has 0 bridgehead atoms. The third-order valence-corrected chi connectivity index (χ3v) is 7.66. The second-order valence-electron chi connectivity index (χ2n) is 9.33. The number of hydrogen-bond donors (Lipinski definition) is 1. The van der Waals surface area contributed by atoms with Crippen LogP contribution in [0, 0.1) is 0 Å². The van der Waals surface area contributed by atoms with E-state index in [1.165, 1.54) is 25.3 Å². The first kappa shape index (κ1) is 31.9. The van der Waals surface area contributed by atoms with Crippen molar-refractivity contribution in [2.75, 3.05) is 25.6 Å². The number of carbonyl (C=O) groups is 4. The summed E-state index contributed by atoms with van der Waals surface area (Å²) in [4.78, 5) is 51.7. The van der Waals surface area contributed by atoms with Gasteiger partial charge in [-0.25, -0.2) is 4.79 Å². The molecule has 0 spiro atoms. The summed E-state index contributed by atoms with van der Waals surface area (Å²) in [6.45, 7) is 2.01. The number of rotatable bonds is 12. The van der Waals surface area contributed by atoms with Crippen LogP contribution in [0.5, 0.6) is 11.5 Å². The number of hydrogen-bond acceptors (Lipinski definition) is 8. The van der Waals surface area contributed by atoms with Crippen LogP contribution >= 0.6 is 35.0 Å². The number of nitrogens with one attached hydrogen (secondary N) is 1. The minimum absolute atomic E-state index is 0.0986. The van der Waals surface area contributed by atoms with Gasteiger partial charge in [0.25, 0.3) is 11.1 Å². The highest BCUT2D eigenvalue weighted by Crippen LogP contribution is 2.35. The maximum Gasteiger partial charge on any atom is 0.339 e. The van der Waals surface area contributed by atoms with Gasteiger partial charge in [0.05, 0.1) is 29.2 Å². The van der Waals surface area contributed by atoms with E-state index in [4.69, 9.17) is 37.4 Å². The predicted octanol–water partition coefficient (Wildman–Crippen LogP) is 7.21. The fourth-order valence-corrected chi connectivity index (χ4v) is 5.07. The third-order valence-electron chi connectivity index (χ3n) is 6.17. The highest BCUT2D eigenvalue weighted by molar-refractivity contribution is 8.18. The second-order valence-corrected chi connectivity index (χ2v) is 11.2. The van der Waals surface area contributed by atoms with E-state index in [9.17, 15) is 19.2 Å². The van der Waals surface area contributed by atoms with Gasteiger partial charge in [0, 0.05) is 10.7 Å². The molecule has 0 saturated carbocycles. The minimum Gasteiger partial charge on any atom is -0.493 e. The lowest BCUT2D eigenvalue weighted by atomic mass is 10.1. The predicted molar refractivity (Wildman–Crippen MR) is 167 cm³/mol. The maximum absolute atomic E-state index is 13.0. The lowest BCUT2D eigenvalue weighted by Gasteiger charge is -2.13. The summed E-state index contributed by atoms with van der Waals surface area (Å²) < 4.78 is 16.5. The molecule has 0 radical (unpaired) electrons. The molecular formula is C31H28Cl2N2O7S. The Balaban J connectivity index is 1.39. The van der Waals surface area contributed by atoms with Crippen LogP contribution in [0.1, 0.15) is 41.3 Å². The largest absolute Gasteiger partial charge is 0.493 e. The summed E-state index contributed by atoms with van der Waals surface area (Å²) in [5.74, 6) is -0.899. The molecule has 1 N–H and O–H groups in total. The van der Waals surface area contributed by atoms with Gasteiger partial charge in [0.15, 0.2) is 11.5 Å². The number of methoxy groups -OCH3 is 1. The number of anilines is 1. The Kier molecular flexibility index (Phi) is 11.1. The first-order valence-electron chi connectivity index (χ1n) is 13.3. The third kappa shape index (κ3) is 8.53. The van der Waals surface area contributed by atoms with Crippen molar-refractivity contribution in [2.24, 2.45) is 0 Å². The highest BCUT2D eigenvalue weighted by Gasteiger charge is 2.36. The SMILES string of the molecule is CCCCOC(=O)c1cc(NC(=O)CN2C(=O)S/C(=C/c3ccc(OCc4ccc(Cl)cc4)c(OC)c3)C2=O)ccc1Cl. The molecule has 0 unspecified atom stereocenters. The van der Waals surface area contributed by atoms with Crippen molar-refractivity contribution >= 4 is 69.8 Å². The minimum atomic E-state index is -0.625. The van der Waals surface area contributed by atoms with Gasteiger partial charge in [-0.2, -0.15) is 0 Å². The van der Waals surface area contributed by atoms with E-state index >= 15 is 0 Å². The van der Waals surface area contributed by atoms with Gasteiger partial charge in [-0.3, -0.25) is 19.3 Å².